The Morgan fingerprint density at radius 3 is 2.50 bits per heavy atom. The van der Waals surface area contributed by atoms with E-state index in [0.29, 0.717) is 23.9 Å². The third-order valence-electron chi connectivity index (χ3n) is 4.81. The molecule has 0 saturated carbocycles. The summed E-state index contributed by atoms with van der Waals surface area (Å²) >= 11 is 1.20. The Labute approximate surface area is 180 Å². The fourth-order valence-corrected chi connectivity index (χ4v) is 5.13. The number of aromatic nitrogens is 3. The Hall–Kier alpha value is -2.43. The van der Waals surface area contributed by atoms with Gasteiger partial charge in [-0.25, -0.2) is 8.42 Å². The number of benzene rings is 1. The predicted molar refractivity (Wildman–Crippen MR) is 118 cm³/mol. The van der Waals surface area contributed by atoms with Crippen molar-refractivity contribution < 1.29 is 13.2 Å². The maximum absolute atomic E-state index is 12.8. The number of anilines is 1. The quantitative estimate of drug-likeness (QED) is 0.533. The zero-order valence-corrected chi connectivity index (χ0v) is 19.0. The van der Waals surface area contributed by atoms with Crippen LogP contribution in [0.3, 0.4) is 0 Å². The minimum absolute atomic E-state index is 0.126. The van der Waals surface area contributed by atoms with E-state index in [1.165, 1.54) is 28.3 Å². The van der Waals surface area contributed by atoms with Crippen molar-refractivity contribution in [1.29, 1.82) is 0 Å². The van der Waals surface area contributed by atoms with Crippen LogP contribution in [0.2, 0.25) is 0 Å². The number of pyridine rings is 1. The lowest BCUT2D eigenvalue weighted by Gasteiger charge is -2.18. The third kappa shape index (κ3) is 4.66. The van der Waals surface area contributed by atoms with E-state index in [1.54, 1.807) is 24.3 Å². The Bertz CT molecular complexity index is 1170. The van der Waals surface area contributed by atoms with Gasteiger partial charge in [-0.2, -0.15) is 4.31 Å². The molecule has 1 aromatic carbocycles. The number of sulfonamides is 1. The molecule has 0 bridgehead atoms. The number of nitrogens with one attached hydrogen (secondary N) is 1. The van der Waals surface area contributed by atoms with Crippen molar-refractivity contribution in [3.05, 3.63) is 47.7 Å². The molecule has 3 rings (SSSR count). The van der Waals surface area contributed by atoms with Crippen LogP contribution in [0.1, 0.15) is 25.0 Å². The van der Waals surface area contributed by atoms with Crippen LogP contribution < -0.4 is 5.32 Å². The molecule has 2 heterocycles. The first-order valence-corrected chi connectivity index (χ1v) is 12.0. The molecule has 8 nitrogen and oxygen atoms in total. The molecule has 0 unspecified atom stereocenters. The molecule has 0 saturated heterocycles. The minimum Gasteiger partial charge on any atom is -0.325 e. The van der Waals surface area contributed by atoms with E-state index < -0.39 is 10.0 Å². The molecule has 160 valence electrons. The second-order valence-electron chi connectivity index (χ2n) is 6.80. The molecule has 0 atom stereocenters. The molecule has 2 aromatic heterocycles. The highest BCUT2D eigenvalue weighted by Crippen LogP contribution is 2.22. The Balaban J connectivity index is 1.76. The monoisotopic (exact) mass is 447 g/mol. The van der Waals surface area contributed by atoms with Gasteiger partial charge >= 0.3 is 0 Å². The van der Waals surface area contributed by atoms with Gasteiger partial charge in [0.05, 0.1) is 10.6 Å². The zero-order valence-electron chi connectivity index (χ0n) is 17.4. The Kier molecular flexibility index (Phi) is 6.79. The average molecular weight is 448 g/mol. The van der Waals surface area contributed by atoms with E-state index >= 15 is 0 Å². The average Bonchev–Trinajstić information content (AvgIpc) is 3.12. The van der Waals surface area contributed by atoms with Gasteiger partial charge in [0.1, 0.15) is 0 Å². The van der Waals surface area contributed by atoms with Crippen LogP contribution in [-0.2, 0) is 14.8 Å². The summed E-state index contributed by atoms with van der Waals surface area (Å²) in [4.78, 5) is 12.5. The summed E-state index contributed by atoms with van der Waals surface area (Å²) in [6.07, 6.45) is 1.51. The molecule has 10 heteroatoms. The SMILES string of the molecule is CCN(CC)S(=O)(=O)c1ccc2nnc(SCC(=O)Nc3ccc(C)c(C)c3)n2c1. The number of amides is 1. The first kappa shape index (κ1) is 22.3. The standard InChI is InChI=1S/C20H25N5O3S2/c1-5-24(6-2)30(27,28)17-9-10-18-22-23-20(25(18)12-17)29-13-19(26)21-16-8-7-14(3)15(4)11-16/h7-12H,5-6,13H2,1-4H3,(H,21,26). The second-order valence-corrected chi connectivity index (χ2v) is 9.68. The summed E-state index contributed by atoms with van der Waals surface area (Å²) in [5.74, 6) is -0.0484. The smallest absolute Gasteiger partial charge is 0.244 e. The van der Waals surface area contributed by atoms with E-state index in [4.69, 9.17) is 0 Å². The van der Waals surface area contributed by atoms with Gasteiger partial charge < -0.3 is 5.32 Å². The van der Waals surface area contributed by atoms with Gasteiger partial charge in [0, 0.05) is 25.0 Å². The number of hydrogen-bond donors (Lipinski definition) is 1. The number of hydrogen-bond acceptors (Lipinski definition) is 6. The zero-order chi connectivity index (χ0) is 21.9. The molecule has 3 aromatic rings. The molecular formula is C20H25N5O3S2. The van der Waals surface area contributed by atoms with Gasteiger partial charge in [0.2, 0.25) is 15.9 Å². The van der Waals surface area contributed by atoms with E-state index in [0.717, 1.165) is 16.8 Å². The number of nitrogens with zero attached hydrogens (tertiary/aromatic N) is 4. The number of thioether (sulfide) groups is 1. The van der Waals surface area contributed by atoms with Crippen molar-refractivity contribution >= 4 is 39.0 Å². The summed E-state index contributed by atoms with van der Waals surface area (Å²) in [5.41, 5.74) is 3.52. The summed E-state index contributed by atoms with van der Waals surface area (Å²) in [6, 6.07) is 8.89. The van der Waals surface area contributed by atoms with Crippen molar-refractivity contribution in [2.24, 2.45) is 0 Å². The number of aryl methyl sites for hydroxylation is 2. The molecular weight excluding hydrogens is 422 g/mol. The van der Waals surface area contributed by atoms with E-state index in [1.807, 2.05) is 32.0 Å². The van der Waals surface area contributed by atoms with Crippen LogP contribution in [-0.4, -0.2) is 52.1 Å². The van der Waals surface area contributed by atoms with Gasteiger partial charge in [-0.05, 0) is 49.2 Å². The second kappa shape index (κ2) is 9.15. The van der Waals surface area contributed by atoms with Crippen molar-refractivity contribution in [2.45, 2.75) is 37.7 Å². The highest BCUT2D eigenvalue weighted by Gasteiger charge is 2.23. The molecule has 0 aliphatic carbocycles. The van der Waals surface area contributed by atoms with Crippen molar-refractivity contribution in [1.82, 2.24) is 18.9 Å². The topological polar surface area (TPSA) is 96.7 Å². The Morgan fingerprint density at radius 2 is 1.83 bits per heavy atom. The van der Waals surface area contributed by atoms with Gasteiger partial charge in [-0.15, -0.1) is 10.2 Å². The van der Waals surface area contributed by atoms with Crippen LogP contribution >= 0.6 is 11.8 Å². The molecule has 30 heavy (non-hydrogen) atoms. The number of fused-ring (bicyclic) bond motifs is 1. The van der Waals surface area contributed by atoms with Gasteiger partial charge in [-0.3, -0.25) is 9.20 Å². The minimum atomic E-state index is -3.60. The van der Waals surface area contributed by atoms with Gasteiger partial charge in [0.25, 0.3) is 0 Å². The highest BCUT2D eigenvalue weighted by molar-refractivity contribution is 7.99. The van der Waals surface area contributed by atoms with Crippen LogP contribution in [0.5, 0.6) is 0 Å². The molecule has 1 N–H and O–H groups in total. The maximum Gasteiger partial charge on any atom is 0.244 e. The van der Waals surface area contributed by atoms with E-state index in [9.17, 15) is 13.2 Å². The fourth-order valence-electron chi connectivity index (χ4n) is 2.96. The molecule has 0 radical (unpaired) electrons. The third-order valence-corrected chi connectivity index (χ3v) is 7.79. The molecule has 0 aliphatic rings. The lowest BCUT2D eigenvalue weighted by atomic mass is 10.1. The van der Waals surface area contributed by atoms with Gasteiger partial charge in [0.15, 0.2) is 10.8 Å². The van der Waals surface area contributed by atoms with Crippen LogP contribution in [0.4, 0.5) is 5.69 Å². The lowest BCUT2D eigenvalue weighted by molar-refractivity contribution is -0.113. The summed E-state index contributed by atoms with van der Waals surface area (Å²) in [5, 5.41) is 11.5. The summed E-state index contributed by atoms with van der Waals surface area (Å²) in [7, 11) is -3.60. The van der Waals surface area contributed by atoms with Crippen LogP contribution in [0.25, 0.3) is 5.65 Å². The van der Waals surface area contributed by atoms with Crippen molar-refractivity contribution in [3.8, 4) is 0 Å². The van der Waals surface area contributed by atoms with Crippen LogP contribution in [0, 0.1) is 13.8 Å². The normalized spacial score (nSPS) is 11.9. The number of carbonyl (C=O) groups excluding carboxylic acids is 1. The molecule has 0 spiro atoms. The molecule has 0 fully saturated rings. The largest absolute Gasteiger partial charge is 0.325 e. The maximum atomic E-state index is 12.8. The van der Waals surface area contributed by atoms with E-state index in [2.05, 4.69) is 15.5 Å². The van der Waals surface area contributed by atoms with Gasteiger partial charge in [-0.1, -0.05) is 31.7 Å². The predicted octanol–water partition coefficient (Wildman–Crippen LogP) is 3.11. The summed E-state index contributed by atoms with van der Waals surface area (Å²) < 4.78 is 28.6. The molecule has 0 aliphatic heterocycles. The lowest BCUT2D eigenvalue weighted by Crippen LogP contribution is -2.30. The fraction of sp³-hybridized carbons (Fsp3) is 0.350. The first-order valence-electron chi connectivity index (χ1n) is 9.61. The Morgan fingerprint density at radius 1 is 1.10 bits per heavy atom. The highest BCUT2D eigenvalue weighted by atomic mass is 32.2. The number of carbonyl (C=O) groups is 1. The number of rotatable bonds is 8. The first-order chi connectivity index (χ1) is 14.3. The molecule has 1 amide bonds. The van der Waals surface area contributed by atoms with Crippen LogP contribution in [0.15, 0.2) is 46.6 Å². The van der Waals surface area contributed by atoms with E-state index in [-0.39, 0.29) is 16.6 Å². The van der Waals surface area contributed by atoms with Crippen molar-refractivity contribution in [3.63, 3.8) is 0 Å². The summed E-state index contributed by atoms with van der Waals surface area (Å²) in [6.45, 7) is 8.38. The van der Waals surface area contributed by atoms with Crippen molar-refractivity contribution in [2.75, 3.05) is 24.2 Å².